The Morgan fingerprint density at radius 1 is 1.00 bits per heavy atom. The molecule has 0 unspecified atom stereocenters. The van der Waals surface area contributed by atoms with Crippen molar-refractivity contribution in [1.29, 1.82) is 0 Å². The number of ether oxygens (including phenoxy) is 2. The van der Waals surface area contributed by atoms with Crippen molar-refractivity contribution in [3.05, 3.63) is 64.6 Å². The average molecular weight is 335 g/mol. The molecule has 20 heavy (non-hydrogen) atoms. The van der Waals surface area contributed by atoms with E-state index in [-0.39, 0.29) is 12.6 Å². The van der Waals surface area contributed by atoms with Crippen LogP contribution in [0, 0.1) is 0 Å². The minimum absolute atomic E-state index is 0.0730. The Bertz CT molecular complexity index is 537. The van der Waals surface area contributed by atoms with Crippen molar-refractivity contribution in [2.24, 2.45) is 0 Å². The molecule has 2 aromatic rings. The molecule has 0 fully saturated rings. The van der Waals surface area contributed by atoms with Gasteiger partial charge in [-0.2, -0.15) is 0 Å². The summed E-state index contributed by atoms with van der Waals surface area (Å²) < 4.78 is 11.4. The van der Waals surface area contributed by atoms with Gasteiger partial charge in [-0.25, -0.2) is 4.79 Å². The zero-order valence-electron chi connectivity index (χ0n) is 10.9. The molecule has 0 saturated heterocycles. The van der Waals surface area contributed by atoms with E-state index in [2.05, 4.69) is 15.9 Å². The van der Waals surface area contributed by atoms with E-state index < -0.39 is 0 Å². The van der Waals surface area contributed by atoms with Crippen LogP contribution in [0.25, 0.3) is 0 Å². The molecule has 3 nitrogen and oxygen atoms in total. The smallest absolute Gasteiger partial charge is 0.344 e. The first-order valence-electron chi connectivity index (χ1n) is 6.32. The van der Waals surface area contributed by atoms with Gasteiger partial charge in [-0.3, -0.25) is 0 Å². The average Bonchev–Trinajstić information content (AvgIpc) is 2.48. The van der Waals surface area contributed by atoms with Gasteiger partial charge in [0.25, 0.3) is 0 Å². The maximum Gasteiger partial charge on any atom is 0.344 e. The maximum atomic E-state index is 11.5. The third-order valence-corrected chi connectivity index (χ3v) is 3.20. The summed E-state index contributed by atoms with van der Waals surface area (Å²) >= 11 is 3.33. The zero-order valence-corrected chi connectivity index (χ0v) is 12.5. The van der Waals surface area contributed by atoms with E-state index in [4.69, 9.17) is 9.47 Å². The van der Waals surface area contributed by atoms with Crippen molar-refractivity contribution in [3.8, 4) is 5.75 Å². The van der Waals surface area contributed by atoms with E-state index in [1.807, 2.05) is 42.5 Å². The van der Waals surface area contributed by atoms with Crippen molar-refractivity contribution < 1.29 is 14.3 Å². The summed E-state index contributed by atoms with van der Waals surface area (Å²) in [6.07, 6.45) is 0.713. The van der Waals surface area contributed by atoms with Gasteiger partial charge in [-0.05, 0) is 29.8 Å². The van der Waals surface area contributed by atoms with Crippen molar-refractivity contribution in [2.45, 2.75) is 6.42 Å². The Balaban J connectivity index is 1.67. The highest BCUT2D eigenvalue weighted by molar-refractivity contribution is 9.10. The van der Waals surface area contributed by atoms with Crippen LogP contribution >= 0.6 is 15.9 Å². The molecule has 0 saturated carbocycles. The fraction of sp³-hybridized carbons (Fsp3) is 0.188. The van der Waals surface area contributed by atoms with Crippen LogP contribution < -0.4 is 4.74 Å². The second kappa shape index (κ2) is 7.70. The van der Waals surface area contributed by atoms with E-state index >= 15 is 0 Å². The molecule has 0 aliphatic heterocycles. The predicted octanol–water partition coefficient (Wildman–Crippen LogP) is 3.61. The van der Waals surface area contributed by atoms with E-state index in [0.717, 1.165) is 10.0 Å². The van der Waals surface area contributed by atoms with Crippen molar-refractivity contribution in [3.63, 3.8) is 0 Å². The lowest BCUT2D eigenvalue weighted by Crippen LogP contribution is -2.16. The van der Waals surface area contributed by atoms with Gasteiger partial charge in [0, 0.05) is 10.9 Å². The van der Waals surface area contributed by atoms with Crippen LogP contribution in [0.2, 0.25) is 0 Å². The summed E-state index contributed by atoms with van der Waals surface area (Å²) in [7, 11) is 0. The topological polar surface area (TPSA) is 35.5 Å². The predicted molar refractivity (Wildman–Crippen MR) is 80.7 cm³/mol. The number of hydrogen-bond donors (Lipinski definition) is 0. The van der Waals surface area contributed by atoms with Crippen LogP contribution in [0.1, 0.15) is 5.56 Å². The van der Waals surface area contributed by atoms with Crippen LogP contribution in [0.3, 0.4) is 0 Å². The summed E-state index contributed by atoms with van der Waals surface area (Å²) in [6.45, 7) is 0.295. The van der Waals surface area contributed by atoms with Crippen LogP contribution in [0.4, 0.5) is 0 Å². The monoisotopic (exact) mass is 334 g/mol. The summed E-state index contributed by atoms with van der Waals surface area (Å²) in [5, 5.41) is 0. The minimum atomic E-state index is -0.358. The number of rotatable bonds is 6. The van der Waals surface area contributed by atoms with Gasteiger partial charge in [-0.15, -0.1) is 0 Å². The molecular formula is C16H15BrO3. The van der Waals surface area contributed by atoms with Crippen molar-refractivity contribution in [1.82, 2.24) is 0 Å². The minimum Gasteiger partial charge on any atom is -0.482 e. The first kappa shape index (κ1) is 14.6. The van der Waals surface area contributed by atoms with Crippen LogP contribution in [-0.4, -0.2) is 19.2 Å². The first-order valence-corrected chi connectivity index (χ1v) is 7.11. The Morgan fingerprint density at radius 2 is 1.70 bits per heavy atom. The molecule has 4 heteroatoms. The van der Waals surface area contributed by atoms with Gasteiger partial charge in [0.05, 0.1) is 6.61 Å². The molecule has 0 atom stereocenters. The number of benzene rings is 2. The van der Waals surface area contributed by atoms with E-state index in [9.17, 15) is 4.79 Å². The van der Waals surface area contributed by atoms with Crippen molar-refractivity contribution >= 4 is 21.9 Å². The lowest BCUT2D eigenvalue weighted by Gasteiger charge is -2.07. The Labute approximate surface area is 126 Å². The van der Waals surface area contributed by atoms with Crippen LogP contribution in [0.5, 0.6) is 5.75 Å². The fourth-order valence-corrected chi connectivity index (χ4v) is 1.91. The van der Waals surface area contributed by atoms with Crippen molar-refractivity contribution in [2.75, 3.05) is 13.2 Å². The standard InChI is InChI=1S/C16H15BrO3/c17-14-6-8-15(9-7-14)20-12-16(18)19-11-10-13-4-2-1-3-5-13/h1-9H,10-12H2. The number of hydrogen-bond acceptors (Lipinski definition) is 3. The molecule has 0 aliphatic carbocycles. The van der Waals surface area contributed by atoms with Gasteiger partial charge in [0.15, 0.2) is 6.61 Å². The first-order chi connectivity index (χ1) is 9.74. The second-order valence-electron chi connectivity index (χ2n) is 4.20. The highest BCUT2D eigenvalue weighted by atomic mass is 79.9. The van der Waals surface area contributed by atoms with Crippen LogP contribution in [0.15, 0.2) is 59.1 Å². The summed E-state index contributed by atoms with van der Waals surface area (Å²) in [5.74, 6) is 0.289. The normalized spacial score (nSPS) is 10.1. The number of carbonyl (C=O) groups is 1. The van der Waals surface area contributed by atoms with Gasteiger partial charge in [-0.1, -0.05) is 46.3 Å². The lowest BCUT2D eigenvalue weighted by atomic mass is 10.2. The fourth-order valence-electron chi connectivity index (χ4n) is 1.64. The maximum absolute atomic E-state index is 11.5. The van der Waals surface area contributed by atoms with Crippen LogP contribution in [-0.2, 0) is 16.0 Å². The molecule has 0 amide bonds. The quantitative estimate of drug-likeness (QED) is 0.757. The Morgan fingerprint density at radius 3 is 2.40 bits per heavy atom. The Hall–Kier alpha value is -1.81. The summed E-state index contributed by atoms with van der Waals surface area (Å²) in [6, 6.07) is 17.2. The molecule has 104 valence electrons. The molecule has 0 aliphatic rings. The van der Waals surface area contributed by atoms with Gasteiger partial charge in [0.2, 0.25) is 0 Å². The largest absolute Gasteiger partial charge is 0.482 e. The van der Waals surface area contributed by atoms with E-state index in [0.29, 0.717) is 18.8 Å². The highest BCUT2D eigenvalue weighted by Gasteiger charge is 2.04. The van der Waals surface area contributed by atoms with E-state index in [1.165, 1.54) is 0 Å². The van der Waals surface area contributed by atoms with Gasteiger partial charge >= 0.3 is 5.97 Å². The number of esters is 1. The van der Waals surface area contributed by atoms with E-state index in [1.54, 1.807) is 12.1 Å². The molecular weight excluding hydrogens is 320 g/mol. The number of carbonyl (C=O) groups excluding carboxylic acids is 1. The molecule has 2 aromatic carbocycles. The molecule has 0 spiro atoms. The molecule has 2 rings (SSSR count). The highest BCUT2D eigenvalue weighted by Crippen LogP contribution is 2.15. The molecule has 0 radical (unpaired) electrons. The molecule has 0 heterocycles. The van der Waals surface area contributed by atoms with Gasteiger partial charge < -0.3 is 9.47 Å². The SMILES string of the molecule is O=C(COc1ccc(Br)cc1)OCCc1ccccc1. The molecule has 0 bridgehead atoms. The molecule has 0 N–H and O–H groups in total. The molecule has 0 aromatic heterocycles. The second-order valence-corrected chi connectivity index (χ2v) is 5.11. The summed E-state index contributed by atoms with van der Waals surface area (Å²) in [4.78, 5) is 11.5. The third-order valence-electron chi connectivity index (χ3n) is 2.67. The number of halogens is 1. The zero-order chi connectivity index (χ0) is 14.2. The lowest BCUT2D eigenvalue weighted by molar-refractivity contribution is -0.145. The summed E-state index contributed by atoms with van der Waals surface area (Å²) in [5.41, 5.74) is 1.15. The Kier molecular flexibility index (Phi) is 5.62. The third kappa shape index (κ3) is 5.05. The van der Waals surface area contributed by atoms with Gasteiger partial charge in [0.1, 0.15) is 5.75 Å².